The van der Waals surface area contributed by atoms with Gasteiger partial charge in [0.2, 0.25) is 11.8 Å². The maximum absolute atomic E-state index is 12.7. The summed E-state index contributed by atoms with van der Waals surface area (Å²) in [7, 11) is 4.01. The van der Waals surface area contributed by atoms with E-state index >= 15 is 0 Å². The van der Waals surface area contributed by atoms with E-state index in [1.165, 1.54) is 0 Å². The number of aryl methyl sites for hydroxylation is 1. The third-order valence-corrected chi connectivity index (χ3v) is 5.03. The molecule has 0 bridgehead atoms. The summed E-state index contributed by atoms with van der Waals surface area (Å²) in [6.07, 6.45) is 3.58. The molecular formula is C20H29N3O3. The first-order chi connectivity index (χ1) is 12.5. The fourth-order valence-corrected chi connectivity index (χ4v) is 3.30. The third-order valence-electron chi connectivity index (χ3n) is 5.03. The minimum atomic E-state index is -0.335. The van der Waals surface area contributed by atoms with Gasteiger partial charge < -0.3 is 19.9 Å². The zero-order valence-corrected chi connectivity index (χ0v) is 16.0. The number of amides is 2. The van der Waals surface area contributed by atoms with Crippen molar-refractivity contribution in [2.24, 2.45) is 5.92 Å². The number of carbonyl (C=O) groups is 2. The molecule has 1 saturated heterocycles. The Morgan fingerprint density at radius 1 is 1.27 bits per heavy atom. The van der Waals surface area contributed by atoms with E-state index in [1.807, 2.05) is 39.2 Å². The van der Waals surface area contributed by atoms with Crippen LogP contribution in [-0.2, 0) is 9.59 Å². The van der Waals surface area contributed by atoms with Crippen molar-refractivity contribution in [3.63, 3.8) is 0 Å². The van der Waals surface area contributed by atoms with Crippen LogP contribution in [0, 0.1) is 12.8 Å². The number of anilines is 1. The smallest absolute Gasteiger partial charge is 0.247 e. The van der Waals surface area contributed by atoms with Crippen molar-refractivity contribution in [1.29, 1.82) is 0 Å². The zero-order valence-electron chi connectivity index (χ0n) is 16.0. The Bertz CT molecular complexity index is 670. The van der Waals surface area contributed by atoms with Crippen LogP contribution >= 0.6 is 0 Å². The highest BCUT2D eigenvalue weighted by molar-refractivity contribution is 5.98. The monoisotopic (exact) mass is 359 g/mol. The first kappa shape index (κ1) is 18.7. The quantitative estimate of drug-likeness (QED) is 0.811. The lowest BCUT2D eigenvalue weighted by Crippen LogP contribution is -2.43. The van der Waals surface area contributed by atoms with Crippen LogP contribution in [0.1, 0.15) is 31.2 Å². The third kappa shape index (κ3) is 4.55. The summed E-state index contributed by atoms with van der Waals surface area (Å²) in [5, 5.41) is 3.00. The van der Waals surface area contributed by atoms with Gasteiger partial charge in [0.25, 0.3) is 0 Å². The van der Waals surface area contributed by atoms with Crippen LogP contribution in [0.4, 0.5) is 5.69 Å². The largest absolute Gasteiger partial charge is 0.492 e. The number of hydrogen-bond donors (Lipinski definition) is 1. The predicted molar refractivity (Wildman–Crippen MR) is 101 cm³/mol. The average Bonchev–Trinajstić information content (AvgIpc) is 3.32. The maximum atomic E-state index is 12.7. The number of nitrogens with one attached hydrogen (secondary N) is 1. The van der Waals surface area contributed by atoms with Crippen molar-refractivity contribution in [3.05, 3.63) is 23.8 Å². The lowest BCUT2D eigenvalue weighted by atomic mass is 10.1. The van der Waals surface area contributed by atoms with Crippen LogP contribution in [0.3, 0.4) is 0 Å². The summed E-state index contributed by atoms with van der Waals surface area (Å²) in [6, 6.07) is 5.35. The van der Waals surface area contributed by atoms with E-state index in [-0.39, 0.29) is 23.8 Å². The van der Waals surface area contributed by atoms with Crippen LogP contribution in [0.15, 0.2) is 18.2 Å². The molecule has 1 aliphatic heterocycles. The molecule has 1 aromatic rings. The molecule has 2 aliphatic rings. The second-order valence-corrected chi connectivity index (χ2v) is 7.58. The number of rotatable bonds is 7. The van der Waals surface area contributed by atoms with Crippen molar-refractivity contribution in [1.82, 2.24) is 9.80 Å². The molecule has 0 aromatic heterocycles. The van der Waals surface area contributed by atoms with Gasteiger partial charge in [0.1, 0.15) is 18.4 Å². The molecule has 1 heterocycles. The molecule has 6 nitrogen and oxygen atoms in total. The average molecular weight is 359 g/mol. The number of likely N-dealkylation sites (tertiary alicyclic amines) is 1. The van der Waals surface area contributed by atoms with Gasteiger partial charge in [-0.15, -0.1) is 0 Å². The minimum Gasteiger partial charge on any atom is -0.492 e. The molecule has 0 radical (unpaired) electrons. The second kappa shape index (κ2) is 8.08. The summed E-state index contributed by atoms with van der Waals surface area (Å²) < 4.78 is 5.73. The highest BCUT2D eigenvalue weighted by atomic mass is 16.5. The normalized spacial score (nSPS) is 19.7. The molecule has 26 heavy (non-hydrogen) atoms. The summed E-state index contributed by atoms with van der Waals surface area (Å²) >= 11 is 0. The fourth-order valence-electron chi connectivity index (χ4n) is 3.30. The van der Waals surface area contributed by atoms with E-state index in [1.54, 1.807) is 4.90 Å². The Labute approximate surface area is 155 Å². The first-order valence-electron chi connectivity index (χ1n) is 9.45. The minimum absolute atomic E-state index is 0.0825. The van der Waals surface area contributed by atoms with Crippen LogP contribution in [0.5, 0.6) is 5.75 Å². The van der Waals surface area contributed by atoms with Crippen molar-refractivity contribution in [2.75, 3.05) is 39.1 Å². The molecule has 2 fully saturated rings. The molecule has 6 heteroatoms. The number of likely N-dealkylation sites (N-methyl/N-ethyl adjacent to an activating group) is 1. The lowest BCUT2D eigenvalue weighted by Gasteiger charge is -2.24. The van der Waals surface area contributed by atoms with Crippen molar-refractivity contribution >= 4 is 17.5 Å². The molecule has 1 unspecified atom stereocenters. The molecule has 2 amide bonds. The van der Waals surface area contributed by atoms with Crippen molar-refractivity contribution in [3.8, 4) is 5.75 Å². The molecule has 1 aromatic carbocycles. The Balaban J connectivity index is 1.59. The Hall–Kier alpha value is -2.08. The van der Waals surface area contributed by atoms with E-state index in [0.717, 1.165) is 49.2 Å². The molecule has 142 valence electrons. The highest BCUT2D eigenvalue weighted by Crippen LogP contribution is 2.34. The van der Waals surface area contributed by atoms with E-state index in [4.69, 9.17) is 4.74 Å². The summed E-state index contributed by atoms with van der Waals surface area (Å²) in [5.41, 5.74) is 1.74. The Kier molecular flexibility index (Phi) is 5.81. The van der Waals surface area contributed by atoms with Gasteiger partial charge in [0.15, 0.2) is 0 Å². The maximum Gasteiger partial charge on any atom is 0.247 e. The van der Waals surface area contributed by atoms with E-state index < -0.39 is 0 Å². The zero-order chi connectivity index (χ0) is 18.7. The van der Waals surface area contributed by atoms with Gasteiger partial charge in [-0.1, -0.05) is 0 Å². The fraction of sp³-hybridized carbons (Fsp3) is 0.600. The first-order valence-corrected chi connectivity index (χ1v) is 9.45. The number of nitrogens with zero attached hydrogens (tertiary/aromatic N) is 2. The second-order valence-electron chi connectivity index (χ2n) is 7.58. The van der Waals surface area contributed by atoms with Gasteiger partial charge in [-0.3, -0.25) is 9.59 Å². The number of carbonyl (C=O) groups excluding carboxylic acids is 2. The van der Waals surface area contributed by atoms with E-state index in [9.17, 15) is 9.59 Å². The Morgan fingerprint density at radius 2 is 2.04 bits per heavy atom. The summed E-state index contributed by atoms with van der Waals surface area (Å²) in [4.78, 5) is 28.9. The van der Waals surface area contributed by atoms with Crippen LogP contribution in [0.25, 0.3) is 0 Å². The summed E-state index contributed by atoms with van der Waals surface area (Å²) in [6.45, 7) is 4.13. The number of benzene rings is 1. The van der Waals surface area contributed by atoms with Gasteiger partial charge in [0, 0.05) is 24.7 Å². The van der Waals surface area contributed by atoms with Crippen LogP contribution in [0.2, 0.25) is 0 Å². The van der Waals surface area contributed by atoms with Gasteiger partial charge in [-0.2, -0.15) is 0 Å². The van der Waals surface area contributed by atoms with Crippen LogP contribution < -0.4 is 10.1 Å². The molecule has 0 spiro atoms. The van der Waals surface area contributed by atoms with Crippen LogP contribution in [-0.4, -0.2) is 61.4 Å². The molecule has 1 N–H and O–H groups in total. The molecule has 1 saturated carbocycles. The van der Waals surface area contributed by atoms with Gasteiger partial charge in [0.05, 0.1) is 0 Å². The molecule has 1 atom stereocenters. The highest BCUT2D eigenvalue weighted by Gasteiger charge is 2.40. The van der Waals surface area contributed by atoms with Crippen molar-refractivity contribution < 1.29 is 14.3 Å². The number of hydrogen-bond acceptors (Lipinski definition) is 4. The van der Waals surface area contributed by atoms with Gasteiger partial charge in [-0.05, 0) is 70.5 Å². The van der Waals surface area contributed by atoms with Gasteiger partial charge in [-0.25, -0.2) is 0 Å². The number of ether oxygens (including phenoxy) is 1. The SMILES string of the molecule is Cc1cc(OCCN(C)C)ccc1NC(=O)C1CCCN1C(=O)C1CC1. The molecule has 1 aliphatic carbocycles. The summed E-state index contributed by atoms with van der Waals surface area (Å²) in [5.74, 6) is 1.03. The van der Waals surface area contributed by atoms with Gasteiger partial charge >= 0.3 is 0 Å². The molecular weight excluding hydrogens is 330 g/mol. The Morgan fingerprint density at radius 3 is 2.69 bits per heavy atom. The van der Waals surface area contributed by atoms with E-state index in [2.05, 4.69) is 10.2 Å². The van der Waals surface area contributed by atoms with E-state index in [0.29, 0.717) is 13.2 Å². The standard InChI is InChI=1S/C20H29N3O3/c1-14-13-16(26-12-11-22(2)3)8-9-17(14)21-19(24)18-5-4-10-23(18)20(25)15-6-7-15/h8-9,13,15,18H,4-7,10-12H2,1-3H3,(H,21,24). The lowest BCUT2D eigenvalue weighted by molar-refractivity contribution is -0.137. The topological polar surface area (TPSA) is 61.9 Å². The van der Waals surface area contributed by atoms with Crippen molar-refractivity contribution in [2.45, 2.75) is 38.6 Å². The molecule has 3 rings (SSSR count). The predicted octanol–water partition coefficient (Wildman–Crippen LogP) is 2.27.